The van der Waals surface area contributed by atoms with Gasteiger partial charge in [-0.25, -0.2) is 4.57 Å². The molecule has 0 aliphatic carbocycles. The summed E-state index contributed by atoms with van der Waals surface area (Å²) in [4.78, 5) is 23.4. The van der Waals surface area contributed by atoms with E-state index in [4.69, 9.17) is 9.05 Å². The number of hydrogen-bond donors (Lipinski definition) is 3. The molecule has 9 heteroatoms. The van der Waals surface area contributed by atoms with E-state index >= 15 is 0 Å². The first-order valence-corrected chi connectivity index (χ1v) is 34.2. The molecular formula is C67H128N2O6P+. The van der Waals surface area contributed by atoms with Crippen LogP contribution in [0.3, 0.4) is 0 Å². The molecule has 0 spiro atoms. The highest BCUT2D eigenvalue weighted by molar-refractivity contribution is 7.47. The lowest BCUT2D eigenvalue weighted by Gasteiger charge is -2.25. The van der Waals surface area contributed by atoms with Crippen molar-refractivity contribution in [2.24, 2.45) is 0 Å². The highest BCUT2D eigenvalue weighted by atomic mass is 31.2. The average molecular weight is 1090 g/mol. The first kappa shape index (κ1) is 74.2. The first-order chi connectivity index (χ1) is 37.0. The zero-order valence-corrected chi connectivity index (χ0v) is 51.9. The van der Waals surface area contributed by atoms with Crippen molar-refractivity contribution >= 4 is 13.7 Å². The van der Waals surface area contributed by atoms with Gasteiger partial charge in [0.1, 0.15) is 13.2 Å². The molecule has 8 nitrogen and oxygen atoms in total. The number of phosphoric ester groups is 1. The molecule has 0 bridgehead atoms. The molecule has 3 unspecified atom stereocenters. The largest absolute Gasteiger partial charge is 0.472 e. The Balaban J connectivity index is 4.10. The van der Waals surface area contributed by atoms with E-state index in [0.717, 1.165) is 51.4 Å². The second kappa shape index (κ2) is 57.9. The Labute approximate surface area is 472 Å². The third-order valence-electron chi connectivity index (χ3n) is 14.7. The quantitative estimate of drug-likeness (QED) is 0.0243. The fourth-order valence-electron chi connectivity index (χ4n) is 9.58. The highest BCUT2D eigenvalue weighted by Gasteiger charge is 2.27. The summed E-state index contributed by atoms with van der Waals surface area (Å²) in [5, 5.41) is 13.9. The maximum absolute atomic E-state index is 13.0. The second-order valence-corrected chi connectivity index (χ2v) is 24.9. The lowest BCUT2D eigenvalue weighted by molar-refractivity contribution is -0.870. The minimum atomic E-state index is -4.36. The number of nitrogens with one attached hydrogen (secondary N) is 1. The van der Waals surface area contributed by atoms with Gasteiger partial charge in [0, 0.05) is 6.42 Å². The van der Waals surface area contributed by atoms with E-state index in [1.165, 1.54) is 238 Å². The smallest absolute Gasteiger partial charge is 0.387 e. The number of amides is 1. The summed E-state index contributed by atoms with van der Waals surface area (Å²) in [6.07, 6.45) is 79.3. The van der Waals surface area contributed by atoms with Gasteiger partial charge in [0.2, 0.25) is 5.91 Å². The Morgan fingerprint density at radius 2 is 0.763 bits per heavy atom. The van der Waals surface area contributed by atoms with Gasteiger partial charge in [-0.1, -0.05) is 286 Å². The van der Waals surface area contributed by atoms with Crippen LogP contribution in [0.5, 0.6) is 0 Å². The van der Waals surface area contributed by atoms with Crippen LogP contribution in [0.1, 0.15) is 309 Å². The average Bonchev–Trinajstić information content (AvgIpc) is 3.38. The van der Waals surface area contributed by atoms with Gasteiger partial charge in [0.15, 0.2) is 0 Å². The number of nitrogens with zero attached hydrogens (tertiary/aromatic N) is 1. The van der Waals surface area contributed by atoms with E-state index in [-0.39, 0.29) is 19.1 Å². The van der Waals surface area contributed by atoms with Crippen molar-refractivity contribution in [3.8, 4) is 0 Å². The van der Waals surface area contributed by atoms with Crippen molar-refractivity contribution in [3.63, 3.8) is 0 Å². The highest BCUT2D eigenvalue weighted by Crippen LogP contribution is 2.43. The number of aliphatic hydroxyl groups is 1. The van der Waals surface area contributed by atoms with E-state index < -0.39 is 20.0 Å². The van der Waals surface area contributed by atoms with Crippen LogP contribution in [0.15, 0.2) is 60.8 Å². The molecule has 0 radical (unpaired) electrons. The van der Waals surface area contributed by atoms with Gasteiger partial charge >= 0.3 is 7.82 Å². The Kier molecular flexibility index (Phi) is 56.5. The lowest BCUT2D eigenvalue weighted by Crippen LogP contribution is -2.45. The monoisotopic (exact) mass is 1090 g/mol. The molecule has 0 aromatic heterocycles. The minimum absolute atomic E-state index is 0.0535. The zero-order chi connectivity index (χ0) is 55.6. The van der Waals surface area contributed by atoms with Crippen LogP contribution in [0.25, 0.3) is 0 Å². The summed E-state index contributed by atoms with van der Waals surface area (Å²) in [5.74, 6) is -0.187. The van der Waals surface area contributed by atoms with Crippen LogP contribution >= 0.6 is 7.82 Å². The van der Waals surface area contributed by atoms with E-state index in [1.807, 2.05) is 27.2 Å². The van der Waals surface area contributed by atoms with Crippen molar-refractivity contribution in [1.29, 1.82) is 0 Å². The van der Waals surface area contributed by atoms with Gasteiger partial charge in [-0.05, 0) is 77.0 Å². The Hall–Kier alpha value is -1.80. The third-order valence-corrected chi connectivity index (χ3v) is 15.7. The number of aliphatic hydroxyl groups excluding tert-OH is 1. The van der Waals surface area contributed by atoms with Crippen molar-refractivity contribution < 1.29 is 32.9 Å². The van der Waals surface area contributed by atoms with Crippen LogP contribution in [-0.2, 0) is 18.4 Å². The van der Waals surface area contributed by atoms with Gasteiger partial charge in [0.25, 0.3) is 0 Å². The molecule has 0 aliphatic rings. The molecule has 3 N–H and O–H groups in total. The number of allylic oxidation sites excluding steroid dienone is 9. The fraction of sp³-hybridized carbons (Fsp3) is 0.836. The van der Waals surface area contributed by atoms with E-state index in [2.05, 4.69) is 67.8 Å². The van der Waals surface area contributed by atoms with Crippen LogP contribution in [-0.4, -0.2) is 73.4 Å². The van der Waals surface area contributed by atoms with Crippen molar-refractivity contribution in [2.45, 2.75) is 321 Å². The molecular weight excluding hydrogens is 960 g/mol. The molecule has 3 atom stereocenters. The standard InChI is InChI=1S/C67H127N2O6P/c1-6-8-10-12-14-16-18-20-22-24-26-28-29-30-31-32-33-34-35-36-37-38-39-41-43-45-47-49-51-53-55-57-59-61-67(71)68-65(64-75-76(72,73)74-63-62-69(3,4)5)66(70)60-58-56-54-52-50-48-46-44-42-40-27-25-23-21-19-17-15-13-11-9-7-2/h18,20,24,26,42,44,50,52,58,60,65-66,70H,6-17,19,21-23,25,27-41,43,45-49,51,53-57,59,61-64H2,1-5H3,(H-,68,71,72,73)/p+1/b20-18-,26-24-,44-42+,52-50+,60-58+. The van der Waals surface area contributed by atoms with Gasteiger partial charge in [-0.2, -0.15) is 0 Å². The summed E-state index contributed by atoms with van der Waals surface area (Å²) in [7, 11) is 1.55. The summed E-state index contributed by atoms with van der Waals surface area (Å²) >= 11 is 0. The Morgan fingerprint density at radius 1 is 0.447 bits per heavy atom. The summed E-state index contributed by atoms with van der Waals surface area (Å²) in [6, 6.07) is -0.871. The van der Waals surface area contributed by atoms with Crippen molar-refractivity contribution in [3.05, 3.63) is 60.8 Å². The van der Waals surface area contributed by atoms with Crippen LogP contribution < -0.4 is 5.32 Å². The Bertz CT molecular complexity index is 1420. The van der Waals surface area contributed by atoms with Gasteiger partial charge in [-0.15, -0.1) is 0 Å². The van der Waals surface area contributed by atoms with Gasteiger partial charge in [-0.3, -0.25) is 13.8 Å². The van der Waals surface area contributed by atoms with E-state index in [9.17, 15) is 19.4 Å². The molecule has 0 aromatic rings. The molecule has 0 heterocycles. The topological polar surface area (TPSA) is 105 Å². The third kappa shape index (κ3) is 59.9. The van der Waals surface area contributed by atoms with Crippen molar-refractivity contribution in [1.82, 2.24) is 5.32 Å². The molecule has 0 aromatic carbocycles. The molecule has 0 saturated heterocycles. The molecule has 0 fully saturated rings. The minimum Gasteiger partial charge on any atom is -0.387 e. The molecule has 0 saturated carbocycles. The SMILES string of the molecule is CCCCCCC/C=C\C/C=C\CCCCCCCCCCCCCCCCCCCCCCCC(=O)NC(COP(=O)(O)OCC[N+](C)(C)C)C(O)/C=C/CC/C=C/CC/C=C/CCCCCCCCCCCCC. The molecule has 1 amide bonds. The normalized spacial score (nSPS) is 14.1. The van der Waals surface area contributed by atoms with Gasteiger partial charge < -0.3 is 19.8 Å². The summed E-state index contributed by atoms with van der Waals surface area (Å²) in [5.41, 5.74) is 0. The summed E-state index contributed by atoms with van der Waals surface area (Å²) < 4.78 is 23.7. The van der Waals surface area contributed by atoms with Crippen LogP contribution in [0.2, 0.25) is 0 Å². The second-order valence-electron chi connectivity index (χ2n) is 23.5. The number of carbonyl (C=O) groups excluding carboxylic acids is 1. The lowest BCUT2D eigenvalue weighted by atomic mass is 10.0. The molecule has 76 heavy (non-hydrogen) atoms. The zero-order valence-electron chi connectivity index (χ0n) is 51.0. The molecule has 0 rings (SSSR count). The molecule has 446 valence electrons. The van der Waals surface area contributed by atoms with E-state index in [0.29, 0.717) is 17.4 Å². The molecule has 0 aliphatic heterocycles. The predicted octanol–water partition coefficient (Wildman–Crippen LogP) is 20.4. The maximum Gasteiger partial charge on any atom is 0.472 e. The first-order valence-electron chi connectivity index (χ1n) is 32.7. The van der Waals surface area contributed by atoms with Crippen LogP contribution in [0.4, 0.5) is 0 Å². The number of quaternary nitrogens is 1. The number of phosphoric acid groups is 1. The number of hydrogen-bond acceptors (Lipinski definition) is 5. The fourth-order valence-corrected chi connectivity index (χ4v) is 10.3. The maximum atomic E-state index is 13.0. The van der Waals surface area contributed by atoms with Crippen molar-refractivity contribution in [2.75, 3.05) is 40.9 Å². The Morgan fingerprint density at radius 3 is 1.13 bits per heavy atom. The van der Waals surface area contributed by atoms with E-state index in [1.54, 1.807) is 6.08 Å². The van der Waals surface area contributed by atoms with Crippen LogP contribution in [0, 0.1) is 0 Å². The summed E-state index contributed by atoms with van der Waals surface area (Å²) in [6.45, 7) is 4.81. The predicted molar refractivity (Wildman–Crippen MR) is 332 cm³/mol. The number of unbranched alkanes of at least 4 members (excludes halogenated alkanes) is 39. The number of rotatable bonds is 60. The number of carbonyl (C=O) groups is 1. The number of likely N-dealkylation sites (N-methyl/N-ethyl adjacent to an activating group) is 1. The van der Waals surface area contributed by atoms with Gasteiger partial charge in [0.05, 0.1) is 39.9 Å².